The number of hydrogen-bond acceptors (Lipinski definition) is 4. The Balaban J connectivity index is 2.44. The quantitative estimate of drug-likeness (QED) is 0.782. The van der Waals surface area contributed by atoms with Crippen LogP contribution in [0.5, 0.6) is 0 Å². The number of carbonyl (C=O) groups is 1. The molecule has 0 aromatic heterocycles. The Labute approximate surface area is 130 Å². The third kappa shape index (κ3) is 2.92. The number of allylic oxidation sites excluding steroid dienone is 2. The summed E-state index contributed by atoms with van der Waals surface area (Å²) in [6, 6.07) is 5.77. The average molecular weight is 321 g/mol. The highest BCUT2D eigenvalue weighted by Gasteiger charge is 2.43. The van der Waals surface area contributed by atoms with E-state index in [9.17, 15) is 13.2 Å². The Bertz CT molecular complexity index is 704. The van der Waals surface area contributed by atoms with E-state index < -0.39 is 22.2 Å². The molecule has 0 spiro atoms. The van der Waals surface area contributed by atoms with E-state index >= 15 is 0 Å². The summed E-state index contributed by atoms with van der Waals surface area (Å²) in [5, 5.41) is 0. The second kappa shape index (κ2) is 6.36. The van der Waals surface area contributed by atoms with Gasteiger partial charge in [0, 0.05) is 0 Å². The van der Waals surface area contributed by atoms with Gasteiger partial charge in [-0.25, -0.2) is 13.2 Å². The van der Waals surface area contributed by atoms with Crippen LogP contribution in [0.25, 0.3) is 0 Å². The fourth-order valence-corrected chi connectivity index (χ4v) is 3.86. The van der Waals surface area contributed by atoms with Gasteiger partial charge in [0.25, 0.3) is 10.0 Å². The molecule has 0 bridgehead atoms. The Hall–Kier alpha value is -2.08. The van der Waals surface area contributed by atoms with Crippen molar-refractivity contribution in [3.05, 3.63) is 54.1 Å². The van der Waals surface area contributed by atoms with Crippen LogP contribution in [0.1, 0.15) is 18.9 Å². The molecule has 1 saturated heterocycles. The van der Waals surface area contributed by atoms with Crippen molar-refractivity contribution in [3.8, 4) is 0 Å². The molecular formula is C16H19NO4S. The first-order valence-electron chi connectivity index (χ1n) is 6.95. The van der Waals surface area contributed by atoms with Gasteiger partial charge in [0.05, 0.1) is 4.90 Å². The standard InChI is InChI=1S/C16H19NO4S/c1-4-6-13(5-2)15-11-21-16(18)17(15)22(19,20)14-9-7-12(3)8-10-14/h4-5,7-10,15H,1,6,11H2,2-3H3/b13-5+/t15-/m1/s1. The van der Waals surface area contributed by atoms with Gasteiger partial charge in [0.1, 0.15) is 12.6 Å². The largest absolute Gasteiger partial charge is 0.446 e. The summed E-state index contributed by atoms with van der Waals surface area (Å²) < 4.78 is 31.3. The molecule has 6 heteroatoms. The minimum Gasteiger partial charge on any atom is -0.446 e. The molecule has 1 aromatic carbocycles. The predicted octanol–water partition coefficient (Wildman–Crippen LogP) is 3.03. The van der Waals surface area contributed by atoms with Crippen molar-refractivity contribution in [1.29, 1.82) is 0 Å². The zero-order chi connectivity index (χ0) is 16.3. The molecule has 118 valence electrons. The van der Waals surface area contributed by atoms with Crippen molar-refractivity contribution in [1.82, 2.24) is 4.31 Å². The van der Waals surface area contributed by atoms with Gasteiger partial charge in [-0.15, -0.1) is 6.58 Å². The first kappa shape index (κ1) is 16.3. The summed E-state index contributed by atoms with van der Waals surface area (Å²) in [6.45, 7) is 7.35. The highest BCUT2D eigenvalue weighted by molar-refractivity contribution is 7.89. The second-order valence-electron chi connectivity index (χ2n) is 5.06. The molecule has 0 radical (unpaired) electrons. The van der Waals surface area contributed by atoms with E-state index in [2.05, 4.69) is 6.58 Å². The highest BCUT2D eigenvalue weighted by atomic mass is 32.2. The van der Waals surface area contributed by atoms with Crippen molar-refractivity contribution in [2.24, 2.45) is 0 Å². The van der Waals surface area contributed by atoms with Crippen LogP contribution in [0.15, 0.2) is 53.5 Å². The Morgan fingerprint density at radius 2 is 2.05 bits per heavy atom. The van der Waals surface area contributed by atoms with Crippen LogP contribution >= 0.6 is 0 Å². The highest BCUT2D eigenvalue weighted by Crippen LogP contribution is 2.29. The fourth-order valence-electron chi connectivity index (χ4n) is 2.37. The SMILES string of the molecule is C=CC/C(=C\C)[C@H]1COC(=O)N1S(=O)(=O)c1ccc(C)cc1. The molecule has 2 rings (SSSR count). The summed E-state index contributed by atoms with van der Waals surface area (Å²) in [4.78, 5) is 12.0. The molecule has 0 unspecified atom stereocenters. The average Bonchev–Trinajstić information content (AvgIpc) is 2.87. The minimum absolute atomic E-state index is 0.0252. The lowest BCUT2D eigenvalue weighted by atomic mass is 10.1. The lowest BCUT2D eigenvalue weighted by Gasteiger charge is -2.23. The molecule has 1 fully saturated rings. The van der Waals surface area contributed by atoms with E-state index in [1.165, 1.54) is 12.1 Å². The molecule has 0 saturated carbocycles. The van der Waals surface area contributed by atoms with E-state index in [1.54, 1.807) is 31.2 Å². The maximum absolute atomic E-state index is 12.8. The molecular weight excluding hydrogens is 302 g/mol. The maximum Gasteiger partial charge on any atom is 0.424 e. The summed E-state index contributed by atoms with van der Waals surface area (Å²) >= 11 is 0. The molecule has 1 heterocycles. The van der Waals surface area contributed by atoms with Crippen LogP contribution in [0.4, 0.5) is 4.79 Å². The van der Waals surface area contributed by atoms with Gasteiger partial charge in [-0.2, -0.15) is 4.31 Å². The maximum atomic E-state index is 12.8. The van der Waals surface area contributed by atoms with Crippen molar-refractivity contribution >= 4 is 16.1 Å². The minimum atomic E-state index is -3.94. The molecule has 0 aliphatic carbocycles. The smallest absolute Gasteiger partial charge is 0.424 e. The van der Waals surface area contributed by atoms with Crippen molar-refractivity contribution in [3.63, 3.8) is 0 Å². The van der Waals surface area contributed by atoms with Gasteiger partial charge in [-0.3, -0.25) is 0 Å². The Kier molecular flexibility index (Phi) is 4.71. The number of sulfonamides is 1. The molecule has 1 aliphatic heterocycles. The second-order valence-corrected chi connectivity index (χ2v) is 6.88. The number of carbonyl (C=O) groups excluding carboxylic acids is 1. The van der Waals surface area contributed by atoms with E-state index in [1.807, 2.05) is 6.92 Å². The van der Waals surface area contributed by atoms with Gasteiger partial charge in [-0.05, 0) is 38.0 Å². The number of benzene rings is 1. The third-order valence-electron chi connectivity index (χ3n) is 3.58. The Morgan fingerprint density at radius 3 is 2.59 bits per heavy atom. The zero-order valence-corrected chi connectivity index (χ0v) is 13.5. The van der Waals surface area contributed by atoms with Crippen molar-refractivity contribution < 1.29 is 17.9 Å². The van der Waals surface area contributed by atoms with Crippen LogP contribution in [0, 0.1) is 6.92 Å². The molecule has 1 atom stereocenters. The number of hydrogen-bond donors (Lipinski definition) is 0. The normalized spacial score (nSPS) is 19.2. The summed E-state index contributed by atoms with van der Waals surface area (Å²) in [7, 11) is -3.94. The van der Waals surface area contributed by atoms with E-state index in [0.29, 0.717) is 6.42 Å². The van der Waals surface area contributed by atoms with Crippen molar-refractivity contribution in [2.75, 3.05) is 6.61 Å². The number of nitrogens with zero attached hydrogens (tertiary/aromatic N) is 1. The lowest BCUT2D eigenvalue weighted by Crippen LogP contribution is -2.40. The van der Waals surface area contributed by atoms with E-state index in [4.69, 9.17) is 4.74 Å². The summed E-state index contributed by atoms with van der Waals surface area (Å²) in [5.74, 6) is 0. The summed E-state index contributed by atoms with van der Waals surface area (Å²) in [6.07, 6.45) is 3.13. The van der Waals surface area contributed by atoms with Gasteiger partial charge >= 0.3 is 6.09 Å². The Morgan fingerprint density at radius 1 is 1.41 bits per heavy atom. The third-order valence-corrected chi connectivity index (χ3v) is 5.37. The van der Waals surface area contributed by atoms with Crippen LogP contribution in [0.3, 0.4) is 0 Å². The van der Waals surface area contributed by atoms with Crippen LogP contribution < -0.4 is 0 Å². The number of aryl methyl sites for hydroxylation is 1. The summed E-state index contributed by atoms with van der Waals surface area (Å²) in [5.41, 5.74) is 1.73. The lowest BCUT2D eigenvalue weighted by molar-refractivity contribution is 0.170. The van der Waals surface area contributed by atoms with E-state index in [-0.39, 0.29) is 11.5 Å². The zero-order valence-electron chi connectivity index (χ0n) is 12.7. The molecule has 1 aliphatic rings. The van der Waals surface area contributed by atoms with Crippen LogP contribution in [-0.4, -0.2) is 31.5 Å². The van der Waals surface area contributed by atoms with Crippen LogP contribution in [-0.2, 0) is 14.8 Å². The number of ether oxygens (including phenoxy) is 1. The molecule has 22 heavy (non-hydrogen) atoms. The van der Waals surface area contributed by atoms with Crippen molar-refractivity contribution in [2.45, 2.75) is 31.2 Å². The van der Waals surface area contributed by atoms with Crippen LogP contribution in [0.2, 0.25) is 0 Å². The molecule has 1 aromatic rings. The number of rotatable bonds is 5. The monoisotopic (exact) mass is 321 g/mol. The number of amides is 1. The first-order valence-corrected chi connectivity index (χ1v) is 8.39. The molecule has 0 N–H and O–H groups in total. The van der Waals surface area contributed by atoms with Gasteiger partial charge < -0.3 is 4.74 Å². The van der Waals surface area contributed by atoms with E-state index in [0.717, 1.165) is 15.4 Å². The predicted molar refractivity (Wildman–Crippen MR) is 83.9 cm³/mol. The van der Waals surface area contributed by atoms with Gasteiger partial charge in [-0.1, -0.05) is 29.8 Å². The molecule has 5 nitrogen and oxygen atoms in total. The van der Waals surface area contributed by atoms with Gasteiger partial charge in [0.2, 0.25) is 0 Å². The number of cyclic esters (lactones) is 1. The fraction of sp³-hybridized carbons (Fsp3) is 0.312. The van der Waals surface area contributed by atoms with Gasteiger partial charge in [0.15, 0.2) is 0 Å². The molecule has 1 amide bonds. The first-order chi connectivity index (χ1) is 10.4. The topological polar surface area (TPSA) is 63.7 Å².